The molecule has 0 saturated carbocycles. The summed E-state index contributed by atoms with van der Waals surface area (Å²) >= 11 is 0. The fourth-order valence-corrected chi connectivity index (χ4v) is 1.65. The summed E-state index contributed by atoms with van der Waals surface area (Å²) in [6.07, 6.45) is 0. The van der Waals surface area contributed by atoms with Gasteiger partial charge in [0.2, 0.25) is 0 Å². The van der Waals surface area contributed by atoms with Gasteiger partial charge in [0.05, 0.1) is 7.11 Å². The Bertz CT molecular complexity index is 572. The fraction of sp³-hybridized carbons (Fsp3) is 0.214. The molecule has 5 heteroatoms. The predicted molar refractivity (Wildman–Crippen MR) is 70.0 cm³/mol. The molecule has 0 bridgehead atoms. The first-order valence-corrected chi connectivity index (χ1v) is 5.76. The van der Waals surface area contributed by atoms with Crippen LogP contribution in [0.4, 0.5) is 5.69 Å². The van der Waals surface area contributed by atoms with Crippen molar-refractivity contribution in [1.29, 1.82) is 0 Å². The second-order valence-corrected chi connectivity index (χ2v) is 4.03. The van der Waals surface area contributed by atoms with Crippen LogP contribution in [0.1, 0.15) is 21.9 Å². The molecule has 1 heterocycles. The van der Waals surface area contributed by atoms with Crippen molar-refractivity contribution in [2.45, 2.75) is 13.5 Å². The standard InChI is InChI=1S/C14H15NO4/c1-9-13(14(16)17-2)7-12(19-9)8-18-11-5-3-10(15)4-6-11/h3-7H,8,15H2,1-2H3. The Balaban J connectivity index is 2.04. The van der Waals surface area contributed by atoms with Crippen LogP contribution in [0.2, 0.25) is 0 Å². The first-order chi connectivity index (χ1) is 9.10. The number of nitrogen functional groups attached to an aromatic ring is 1. The Kier molecular flexibility index (Phi) is 3.75. The number of carbonyl (C=O) groups is 1. The molecule has 0 fully saturated rings. The minimum absolute atomic E-state index is 0.238. The van der Waals surface area contributed by atoms with Gasteiger partial charge in [-0.25, -0.2) is 4.79 Å². The Hall–Kier alpha value is -2.43. The lowest BCUT2D eigenvalue weighted by atomic mass is 10.2. The van der Waals surface area contributed by atoms with Crippen LogP contribution in [0, 0.1) is 6.92 Å². The van der Waals surface area contributed by atoms with Gasteiger partial charge in [0.15, 0.2) is 0 Å². The molecular formula is C14H15NO4. The molecule has 100 valence electrons. The Labute approximate surface area is 110 Å². The summed E-state index contributed by atoms with van der Waals surface area (Å²) in [4.78, 5) is 11.4. The number of nitrogens with two attached hydrogens (primary N) is 1. The second-order valence-electron chi connectivity index (χ2n) is 4.03. The summed E-state index contributed by atoms with van der Waals surface area (Å²) in [7, 11) is 1.33. The summed E-state index contributed by atoms with van der Waals surface area (Å²) in [5.74, 6) is 1.35. The van der Waals surface area contributed by atoms with Crippen LogP contribution in [-0.2, 0) is 11.3 Å². The Morgan fingerprint density at radius 3 is 2.63 bits per heavy atom. The van der Waals surface area contributed by atoms with E-state index in [1.807, 2.05) is 0 Å². The molecule has 0 saturated heterocycles. The highest BCUT2D eigenvalue weighted by Crippen LogP contribution is 2.19. The van der Waals surface area contributed by atoms with Crippen molar-refractivity contribution in [3.05, 3.63) is 47.4 Å². The SMILES string of the molecule is COC(=O)c1cc(COc2ccc(N)cc2)oc1C. The summed E-state index contributed by atoms with van der Waals surface area (Å²) < 4.78 is 15.6. The van der Waals surface area contributed by atoms with E-state index in [1.165, 1.54) is 7.11 Å². The largest absolute Gasteiger partial charge is 0.486 e. The number of ether oxygens (including phenoxy) is 2. The highest BCUT2D eigenvalue weighted by Gasteiger charge is 2.15. The van der Waals surface area contributed by atoms with E-state index in [2.05, 4.69) is 4.74 Å². The van der Waals surface area contributed by atoms with E-state index in [9.17, 15) is 4.79 Å². The molecule has 1 aromatic heterocycles. The van der Waals surface area contributed by atoms with Crippen LogP contribution in [-0.4, -0.2) is 13.1 Å². The van der Waals surface area contributed by atoms with E-state index in [1.54, 1.807) is 37.3 Å². The van der Waals surface area contributed by atoms with Gasteiger partial charge in [0, 0.05) is 5.69 Å². The van der Waals surface area contributed by atoms with Crippen LogP contribution in [0.25, 0.3) is 0 Å². The van der Waals surface area contributed by atoms with Crippen molar-refractivity contribution in [3.8, 4) is 5.75 Å². The number of anilines is 1. The van der Waals surface area contributed by atoms with E-state index in [0.717, 1.165) is 0 Å². The van der Waals surface area contributed by atoms with Gasteiger partial charge in [-0.15, -0.1) is 0 Å². The number of carbonyl (C=O) groups excluding carboxylic acids is 1. The lowest BCUT2D eigenvalue weighted by Crippen LogP contribution is -2.00. The van der Waals surface area contributed by atoms with Crippen molar-refractivity contribution in [2.75, 3.05) is 12.8 Å². The van der Waals surface area contributed by atoms with E-state index in [-0.39, 0.29) is 6.61 Å². The quantitative estimate of drug-likeness (QED) is 0.676. The molecular weight excluding hydrogens is 246 g/mol. The predicted octanol–water partition coefficient (Wildman–Crippen LogP) is 2.54. The maximum absolute atomic E-state index is 11.4. The molecule has 0 unspecified atom stereocenters. The van der Waals surface area contributed by atoms with Gasteiger partial charge in [-0.2, -0.15) is 0 Å². The summed E-state index contributed by atoms with van der Waals surface area (Å²) in [6, 6.07) is 8.67. The molecule has 0 radical (unpaired) electrons. The molecule has 0 spiro atoms. The minimum Gasteiger partial charge on any atom is -0.486 e. The van der Waals surface area contributed by atoms with Crippen molar-refractivity contribution in [3.63, 3.8) is 0 Å². The van der Waals surface area contributed by atoms with Crippen molar-refractivity contribution >= 4 is 11.7 Å². The highest BCUT2D eigenvalue weighted by molar-refractivity contribution is 5.90. The van der Waals surface area contributed by atoms with Gasteiger partial charge in [-0.1, -0.05) is 0 Å². The van der Waals surface area contributed by atoms with Crippen molar-refractivity contribution in [1.82, 2.24) is 0 Å². The van der Waals surface area contributed by atoms with Crippen LogP contribution in [0.5, 0.6) is 5.75 Å². The number of benzene rings is 1. The monoisotopic (exact) mass is 261 g/mol. The molecule has 2 aromatic rings. The average molecular weight is 261 g/mol. The molecule has 0 aliphatic rings. The van der Waals surface area contributed by atoms with Gasteiger partial charge < -0.3 is 19.6 Å². The van der Waals surface area contributed by atoms with Crippen molar-refractivity contribution < 1.29 is 18.7 Å². The average Bonchev–Trinajstić information content (AvgIpc) is 2.78. The molecule has 19 heavy (non-hydrogen) atoms. The third kappa shape index (κ3) is 3.07. The topological polar surface area (TPSA) is 74.7 Å². The molecule has 5 nitrogen and oxygen atoms in total. The van der Waals surface area contributed by atoms with Gasteiger partial charge in [-0.3, -0.25) is 0 Å². The first kappa shape index (κ1) is 13.0. The zero-order valence-electron chi connectivity index (χ0n) is 10.8. The van der Waals surface area contributed by atoms with Crippen molar-refractivity contribution in [2.24, 2.45) is 0 Å². The van der Waals surface area contributed by atoms with Crippen LogP contribution >= 0.6 is 0 Å². The number of aryl methyl sites for hydroxylation is 1. The normalized spacial score (nSPS) is 10.2. The molecule has 2 rings (SSSR count). The van der Waals surface area contributed by atoms with E-state index in [0.29, 0.717) is 28.5 Å². The van der Waals surface area contributed by atoms with Gasteiger partial charge in [0.1, 0.15) is 29.4 Å². The van der Waals surface area contributed by atoms with E-state index >= 15 is 0 Å². The van der Waals surface area contributed by atoms with Crippen LogP contribution in [0.15, 0.2) is 34.7 Å². The lowest BCUT2D eigenvalue weighted by Gasteiger charge is -2.03. The number of methoxy groups -OCH3 is 1. The van der Waals surface area contributed by atoms with Gasteiger partial charge in [-0.05, 0) is 37.3 Å². The second kappa shape index (κ2) is 5.48. The fourth-order valence-electron chi connectivity index (χ4n) is 1.65. The minimum atomic E-state index is -0.417. The number of hydrogen-bond donors (Lipinski definition) is 1. The Morgan fingerprint density at radius 1 is 1.32 bits per heavy atom. The third-order valence-corrected chi connectivity index (χ3v) is 2.64. The number of hydrogen-bond acceptors (Lipinski definition) is 5. The maximum atomic E-state index is 11.4. The summed E-state index contributed by atoms with van der Waals surface area (Å²) in [5, 5.41) is 0. The molecule has 0 atom stereocenters. The third-order valence-electron chi connectivity index (χ3n) is 2.64. The zero-order valence-corrected chi connectivity index (χ0v) is 10.8. The Morgan fingerprint density at radius 2 is 2.00 bits per heavy atom. The molecule has 0 aliphatic heterocycles. The van der Waals surface area contributed by atoms with Gasteiger partial charge in [0.25, 0.3) is 0 Å². The molecule has 2 N–H and O–H groups in total. The lowest BCUT2D eigenvalue weighted by molar-refractivity contribution is 0.0599. The van der Waals surface area contributed by atoms with E-state index in [4.69, 9.17) is 14.9 Å². The molecule has 0 aliphatic carbocycles. The highest BCUT2D eigenvalue weighted by atomic mass is 16.5. The number of furan rings is 1. The molecule has 0 amide bonds. The van der Waals surface area contributed by atoms with Gasteiger partial charge >= 0.3 is 5.97 Å². The van der Waals surface area contributed by atoms with E-state index < -0.39 is 5.97 Å². The number of esters is 1. The van der Waals surface area contributed by atoms with Crippen LogP contribution < -0.4 is 10.5 Å². The van der Waals surface area contributed by atoms with Crippen LogP contribution in [0.3, 0.4) is 0 Å². The summed E-state index contributed by atoms with van der Waals surface area (Å²) in [5.41, 5.74) is 6.67. The summed E-state index contributed by atoms with van der Waals surface area (Å²) in [6.45, 7) is 1.95. The maximum Gasteiger partial charge on any atom is 0.341 e. The number of rotatable bonds is 4. The zero-order chi connectivity index (χ0) is 13.8. The first-order valence-electron chi connectivity index (χ1n) is 5.76. The smallest absolute Gasteiger partial charge is 0.341 e. The molecule has 1 aromatic carbocycles.